The van der Waals surface area contributed by atoms with Crippen molar-refractivity contribution in [3.05, 3.63) is 65.2 Å². The molecular formula is C22H23F3N4O4S. The van der Waals surface area contributed by atoms with Gasteiger partial charge in [0.1, 0.15) is 5.75 Å². The van der Waals surface area contributed by atoms with Gasteiger partial charge in [-0.15, -0.1) is 0 Å². The quantitative estimate of drug-likeness (QED) is 0.553. The van der Waals surface area contributed by atoms with E-state index in [1.807, 2.05) is 24.3 Å². The molecular weight excluding hydrogens is 473 g/mol. The summed E-state index contributed by atoms with van der Waals surface area (Å²) in [5.41, 5.74) is 4.86. The van der Waals surface area contributed by atoms with Crippen molar-refractivity contribution < 1.29 is 32.3 Å². The molecule has 4 amide bonds. The average molecular weight is 497 g/mol. The number of hydrogen-bond donors (Lipinski definition) is 3. The number of thioether (sulfide) groups is 1. The van der Waals surface area contributed by atoms with Crippen molar-refractivity contribution in [1.82, 2.24) is 21.1 Å². The molecule has 3 rings (SSSR count). The third kappa shape index (κ3) is 6.80. The maximum absolute atomic E-state index is 12.6. The first kappa shape index (κ1) is 25.2. The Kier molecular flexibility index (Phi) is 8.26. The Balaban J connectivity index is 1.48. The molecule has 3 N–H and O–H groups in total. The van der Waals surface area contributed by atoms with Crippen molar-refractivity contribution >= 4 is 29.6 Å². The summed E-state index contributed by atoms with van der Waals surface area (Å²) in [5.74, 6) is -1.60. The minimum atomic E-state index is -5.10. The van der Waals surface area contributed by atoms with E-state index in [0.717, 1.165) is 17.1 Å². The van der Waals surface area contributed by atoms with Crippen molar-refractivity contribution in [2.24, 2.45) is 0 Å². The van der Waals surface area contributed by atoms with Crippen LogP contribution in [-0.2, 0) is 11.3 Å². The molecule has 0 saturated carbocycles. The van der Waals surface area contributed by atoms with Crippen molar-refractivity contribution in [2.75, 3.05) is 26.0 Å². The van der Waals surface area contributed by atoms with Gasteiger partial charge in [-0.1, -0.05) is 24.3 Å². The third-order valence-electron chi connectivity index (χ3n) is 5.05. The topological polar surface area (TPSA) is 99.8 Å². The van der Waals surface area contributed by atoms with Gasteiger partial charge in [0.15, 0.2) is 0 Å². The first-order valence-corrected chi connectivity index (χ1v) is 11.3. The smallest absolute Gasteiger partial charge is 0.472 e. The zero-order valence-electron chi connectivity index (χ0n) is 18.1. The summed E-state index contributed by atoms with van der Waals surface area (Å²) >= 11 is 1.79. The first-order chi connectivity index (χ1) is 16.2. The summed E-state index contributed by atoms with van der Waals surface area (Å²) in [7, 11) is 1.61. The molecule has 1 atom stereocenters. The SMILES string of the molecule is COc1ccc(C2CN(C(=O)NCc3ccc(C(=O)NNC(=O)C(F)(F)F)cc3)CCS2)cc1. The Morgan fingerprint density at radius 1 is 1.06 bits per heavy atom. The lowest BCUT2D eigenvalue weighted by Gasteiger charge is -2.32. The van der Waals surface area contributed by atoms with E-state index in [1.54, 1.807) is 41.3 Å². The Morgan fingerprint density at radius 3 is 2.35 bits per heavy atom. The van der Waals surface area contributed by atoms with Crippen LogP contribution in [0.1, 0.15) is 26.7 Å². The highest BCUT2D eigenvalue weighted by atomic mass is 32.2. The molecule has 0 radical (unpaired) electrons. The molecule has 2 aromatic rings. The summed E-state index contributed by atoms with van der Waals surface area (Å²) in [6, 6.07) is 13.4. The van der Waals surface area contributed by atoms with Gasteiger partial charge in [0.25, 0.3) is 5.91 Å². The number of nitrogens with one attached hydrogen (secondary N) is 3. The van der Waals surface area contributed by atoms with Gasteiger partial charge in [-0.05, 0) is 35.4 Å². The van der Waals surface area contributed by atoms with Gasteiger partial charge in [-0.25, -0.2) is 4.79 Å². The summed E-state index contributed by atoms with van der Waals surface area (Å²) < 4.78 is 41.7. The van der Waals surface area contributed by atoms with Crippen LogP contribution in [0, 0.1) is 0 Å². The van der Waals surface area contributed by atoms with Crippen LogP contribution in [0.25, 0.3) is 0 Å². The van der Waals surface area contributed by atoms with Crippen LogP contribution in [0.3, 0.4) is 0 Å². The maximum Gasteiger partial charge on any atom is 0.472 e. The highest BCUT2D eigenvalue weighted by Gasteiger charge is 2.39. The van der Waals surface area contributed by atoms with Gasteiger partial charge in [0, 0.05) is 36.2 Å². The molecule has 0 spiro atoms. The van der Waals surface area contributed by atoms with Crippen molar-refractivity contribution in [2.45, 2.75) is 18.0 Å². The Bertz CT molecular complexity index is 1020. The maximum atomic E-state index is 12.6. The molecule has 12 heteroatoms. The average Bonchev–Trinajstić information content (AvgIpc) is 2.85. The van der Waals surface area contributed by atoms with E-state index in [2.05, 4.69) is 5.32 Å². The van der Waals surface area contributed by atoms with Crippen LogP contribution < -0.4 is 20.9 Å². The second kappa shape index (κ2) is 11.1. The molecule has 1 heterocycles. The molecule has 1 aliphatic rings. The lowest BCUT2D eigenvalue weighted by molar-refractivity contribution is -0.174. The lowest BCUT2D eigenvalue weighted by atomic mass is 10.1. The van der Waals surface area contributed by atoms with Crippen LogP contribution in [0.5, 0.6) is 5.75 Å². The van der Waals surface area contributed by atoms with Gasteiger partial charge >= 0.3 is 18.1 Å². The Morgan fingerprint density at radius 2 is 1.74 bits per heavy atom. The number of benzene rings is 2. The number of urea groups is 1. The van der Waals surface area contributed by atoms with E-state index in [0.29, 0.717) is 18.7 Å². The third-order valence-corrected chi connectivity index (χ3v) is 6.29. The summed E-state index contributed by atoms with van der Waals surface area (Å²) in [4.78, 5) is 37.0. The normalized spacial score (nSPS) is 15.9. The molecule has 1 fully saturated rings. The second-order valence-electron chi connectivity index (χ2n) is 7.34. The highest BCUT2D eigenvalue weighted by Crippen LogP contribution is 2.33. The van der Waals surface area contributed by atoms with E-state index < -0.39 is 18.0 Å². The minimum absolute atomic E-state index is 0.0490. The lowest BCUT2D eigenvalue weighted by Crippen LogP contribution is -2.47. The van der Waals surface area contributed by atoms with Gasteiger partial charge in [0.05, 0.1) is 7.11 Å². The van der Waals surface area contributed by atoms with E-state index in [-0.39, 0.29) is 23.4 Å². The fourth-order valence-electron chi connectivity index (χ4n) is 3.17. The number of halogens is 3. The van der Waals surface area contributed by atoms with Crippen LogP contribution in [0.4, 0.5) is 18.0 Å². The first-order valence-electron chi connectivity index (χ1n) is 10.2. The molecule has 0 aliphatic carbocycles. The number of nitrogens with zero attached hydrogens (tertiary/aromatic N) is 1. The number of rotatable bonds is 5. The number of alkyl halides is 3. The fraction of sp³-hybridized carbons (Fsp3) is 0.318. The predicted molar refractivity (Wildman–Crippen MR) is 120 cm³/mol. The number of methoxy groups -OCH3 is 1. The van der Waals surface area contributed by atoms with E-state index >= 15 is 0 Å². The summed E-state index contributed by atoms with van der Waals surface area (Å²) in [5, 5.41) is 2.99. The van der Waals surface area contributed by atoms with Crippen LogP contribution in [0.15, 0.2) is 48.5 Å². The number of amides is 4. The van der Waals surface area contributed by atoms with Crippen molar-refractivity contribution in [1.29, 1.82) is 0 Å². The molecule has 1 saturated heterocycles. The second-order valence-corrected chi connectivity index (χ2v) is 8.65. The number of hydrogen-bond acceptors (Lipinski definition) is 5. The molecule has 0 aromatic heterocycles. The molecule has 182 valence electrons. The zero-order valence-corrected chi connectivity index (χ0v) is 19.0. The molecule has 2 aromatic carbocycles. The van der Waals surface area contributed by atoms with E-state index in [1.165, 1.54) is 17.6 Å². The fourth-order valence-corrected chi connectivity index (χ4v) is 4.42. The standard InChI is InChI=1S/C22H23F3N4O4S/c1-33-17-8-6-15(7-9-17)18-13-29(10-11-34-18)21(32)26-12-14-2-4-16(5-3-14)19(30)27-28-20(31)22(23,24)25/h2-9,18H,10-13H2,1H3,(H,26,32)(H,27,30)(H,28,31). The monoisotopic (exact) mass is 496 g/mol. The van der Waals surface area contributed by atoms with Gasteiger partial charge in [0.2, 0.25) is 0 Å². The van der Waals surface area contributed by atoms with Crippen molar-refractivity contribution in [3.8, 4) is 5.75 Å². The van der Waals surface area contributed by atoms with E-state index in [4.69, 9.17) is 4.74 Å². The molecule has 1 aliphatic heterocycles. The van der Waals surface area contributed by atoms with Crippen molar-refractivity contribution in [3.63, 3.8) is 0 Å². The molecule has 8 nitrogen and oxygen atoms in total. The van der Waals surface area contributed by atoms with E-state index in [9.17, 15) is 27.6 Å². The largest absolute Gasteiger partial charge is 0.497 e. The Labute approximate surface area is 198 Å². The van der Waals surface area contributed by atoms with Crippen LogP contribution in [0.2, 0.25) is 0 Å². The van der Waals surface area contributed by atoms with Crippen LogP contribution >= 0.6 is 11.8 Å². The summed E-state index contributed by atoms with van der Waals surface area (Å²) in [6.45, 7) is 1.39. The molecule has 0 bridgehead atoms. The number of ether oxygens (including phenoxy) is 1. The number of carbonyl (C=O) groups is 3. The van der Waals surface area contributed by atoms with Gasteiger partial charge < -0.3 is 15.0 Å². The highest BCUT2D eigenvalue weighted by molar-refractivity contribution is 7.99. The molecule has 34 heavy (non-hydrogen) atoms. The minimum Gasteiger partial charge on any atom is -0.497 e. The summed E-state index contributed by atoms with van der Waals surface area (Å²) in [6.07, 6.45) is -5.10. The Hall–Kier alpha value is -3.41. The number of carbonyl (C=O) groups excluding carboxylic acids is 3. The van der Waals surface area contributed by atoms with Gasteiger partial charge in [-0.3, -0.25) is 20.4 Å². The predicted octanol–water partition coefficient (Wildman–Crippen LogP) is 3.02. The molecule has 1 unspecified atom stereocenters. The zero-order chi connectivity index (χ0) is 24.7. The van der Waals surface area contributed by atoms with Gasteiger partial charge in [-0.2, -0.15) is 24.9 Å². The number of hydrazine groups is 1. The van der Waals surface area contributed by atoms with Crippen LogP contribution in [-0.4, -0.2) is 54.9 Å².